The van der Waals surface area contributed by atoms with E-state index in [9.17, 15) is 22.8 Å². The van der Waals surface area contributed by atoms with E-state index in [1.807, 2.05) is 0 Å². The number of carbonyl (C=O) groups excluding carboxylic acids is 2. The predicted octanol–water partition coefficient (Wildman–Crippen LogP) is 2.86. The number of methoxy groups -OCH3 is 1. The van der Waals surface area contributed by atoms with Crippen molar-refractivity contribution in [1.29, 1.82) is 0 Å². The van der Waals surface area contributed by atoms with Gasteiger partial charge in [0.1, 0.15) is 18.1 Å². The molecule has 0 saturated carbocycles. The Morgan fingerprint density at radius 3 is 2.37 bits per heavy atom. The molecule has 7 nitrogen and oxygen atoms in total. The monoisotopic (exact) mass is 427 g/mol. The number of rotatable bonds is 10. The van der Waals surface area contributed by atoms with Gasteiger partial charge in [-0.2, -0.15) is 19.1 Å². The van der Waals surface area contributed by atoms with Crippen molar-refractivity contribution < 1.29 is 41.8 Å². The fourth-order valence-corrected chi connectivity index (χ4v) is 2.45. The van der Waals surface area contributed by atoms with Crippen LogP contribution in [0.3, 0.4) is 0 Å². The molecule has 0 bridgehead atoms. The van der Waals surface area contributed by atoms with Crippen molar-refractivity contribution in [3.63, 3.8) is 0 Å². The first kappa shape index (κ1) is 23.2. The first-order valence-corrected chi connectivity index (χ1v) is 8.69. The van der Waals surface area contributed by atoms with Crippen molar-refractivity contribution in [2.45, 2.75) is 18.7 Å². The Hall–Kier alpha value is -3.11. The maximum atomic E-state index is 12.3. The average Bonchev–Trinajstić information content (AvgIpc) is 2.74. The number of nitrogens with two attached hydrogens (primary N) is 1. The van der Waals surface area contributed by atoms with Crippen LogP contribution in [0.2, 0.25) is 0 Å². The number of ether oxygens (including phenoxy) is 3. The minimum Gasteiger partial charge on any atom is -0.497 e. The summed E-state index contributed by atoms with van der Waals surface area (Å²) in [6.45, 7) is -1.83. The number of halogens is 3. The highest BCUT2D eigenvalue weighted by Gasteiger charge is 2.32. The van der Waals surface area contributed by atoms with Crippen molar-refractivity contribution in [1.82, 2.24) is 0 Å². The van der Waals surface area contributed by atoms with Gasteiger partial charge < -0.3 is 19.0 Å². The summed E-state index contributed by atoms with van der Waals surface area (Å²) in [5.41, 5.74) is 0.912. The minimum atomic E-state index is -4.60. The van der Waals surface area contributed by atoms with Crippen molar-refractivity contribution in [3.05, 3.63) is 59.7 Å². The van der Waals surface area contributed by atoms with Crippen LogP contribution in [0.5, 0.6) is 11.5 Å². The van der Waals surface area contributed by atoms with Crippen LogP contribution in [-0.4, -0.2) is 44.4 Å². The van der Waals surface area contributed by atoms with E-state index in [2.05, 4.69) is 9.57 Å². The molecular formula is C20H20F3NO6. The molecule has 30 heavy (non-hydrogen) atoms. The molecule has 0 aliphatic heterocycles. The Labute approximate surface area is 170 Å². The van der Waals surface area contributed by atoms with Crippen molar-refractivity contribution in [3.8, 4) is 11.5 Å². The lowest BCUT2D eigenvalue weighted by molar-refractivity contribution is -0.194. The second-order valence-electron chi connectivity index (χ2n) is 6.14. The third-order valence-corrected chi connectivity index (χ3v) is 3.93. The molecule has 162 valence electrons. The number of benzene rings is 2. The number of carbonyl (C=O) groups is 2. The summed E-state index contributed by atoms with van der Waals surface area (Å²) in [5, 5.41) is 0. The topological polar surface area (TPSA) is 97.1 Å². The number of hydrogen-bond acceptors (Lipinski definition) is 7. The number of Topliss-reactive ketones (excluding diaryl/α,β-unsaturated/α-hetero) is 1. The van der Waals surface area contributed by atoms with E-state index in [-0.39, 0.29) is 18.8 Å². The van der Waals surface area contributed by atoms with Gasteiger partial charge in [0, 0.05) is 12.0 Å². The quantitative estimate of drug-likeness (QED) is 0.460. The highest BCUT2D eigenvalue weighted by molar-refractivity contribution is 5.97. The largest absolute Gasteiger partial charge is 0.497 e. The highest BCUT2D eigenvalue weighted by atomic mass is 19.4. The molecule has 2 rings (SSSR count). The molecule has 0 spiro atoms. The summed E-state index contributed by atoms with van der Waals surface area (Å²) in [7, 11) is 1.49. The van der Waals surface area contributed by atoms with Crippen LogP contribution in [0.1, 0.15) is 15.9 Å². The fraction of sp³-hybridized carbons (Fsp3) is 0.300. The summed E-state index contributed by atoms with van der Waals surface area (Å²) < 4.78 is 52.1. The molecule has 2 N–H and O–H groups in total. The Kier molecular flexibility index (Phi) is 8.19. The summed E-state index contributed by atoms with van der Waals surface area (Å²) in [4.78, 5) is 27.7. The summed E-state index contributed by atoms with van der Waals surface area (Å²) >= 11 is 0. The normalized spacial score (nSPS) is 12.2. The second kappa shape index (κ2) is 10.6. The molecular weight excluding hydrogens is 407 g/mol. The van der Waals surface area contributed by atoms with Crippen LogP contribution in [0.15, 0.2) is 48.5 Å². The maximum absolute atomic E-state index is 12.3. The number of alkyl halides is 3. The van der Waals surface area contributed by atoms with E-state index in [4.69, 9.17) is 15.4 Å². The van der Waals surface area contributed by atoms with Crippen molar-refractivity contribution in [2.24, 2.45) is 5.90 Å². The third-order valence-electron chi connectivity index (χ3n) is 3.93. The first-order valence-electron chi connectivity index (χ1n) is 8.69. The molecule has 0 saturated heterocycles. The maximum Gasteiger partial charge on any atom is 0.411 e. The Bertz CT molecular complexity index is 854. The summed E-state index contributed by atoms with van der Waals surface area (Å²) in [6, 6.07) is 12.7. The van der Waals surface area contributed by atoms with E-state index in [0.717, 1.165) is 0 Å². The van der Waals surface area contributed by atoms with Gasteiger partial charge in [0.15, 0.2) is 18.5 Å². The predicted molar refractivity (Wildman–Crippen MR) is 99.0 cm³/mol. The van der Waals surface area contributed by atoms with E-state index in [1.165, 1.54) is 31.4 Å². The molecule has 0 heterocycles. The standard InChI is InChI=1S/C20H20F3NO6/c1-27-16-4-2-3-14(10-16)17(25)11-28-15-7-5-13(6-8-15)9-18(19(26)30-24)29-12-20(21,22)23/h2-8,10,18H,9,11-12,24H2,1H3. The molecule has 2 aromatic rings. The lowest BCUT2D eigenvalue weighted by Gasteiger charge is -2.16. The van der Waals surface area contributed by atoms with Crippen LogP contribution in [-0.2, 0) is 20.8 Å². The summed E-state index contributed by atoms with van der Waals surface area (Å²) in [6.07, 6.45) is -6.30. The van der Waals surface area contributed by atoms with Gasteiger partial charge in [0.05, 0.1) is 7.11 Å². The van der Waals surface area contributed by atoms with Crippen LogP contribution < -0.4 is 15.4 Å². The minimum absolute atomic E-state index is 0.185. The molecule has 2 aromatic carbocycles. The first-order chi connectivity index (χ1) is 14.2. The fourth-order valence-electron chi connectivity index (χ4n) is 2.45. The van der Waals surface area contributed by atoms with Gasteiger partial charge in [0.25, 0.3) is 0 Å². The van der Waals surface area contributed by atoms with Gasteiger partial charge in [-0.15, -0.1) is 0 Å². The lowest BCUT2D eigenvalue weighted by atomic mass is 10.1. The molecule has 1 unspecified atom stereocenters. The Morgan fingerprint density at radius 1 is 1.07 bits per heavy atom. The molecule has 0 aromatic heterocycles. The van der Waals surface area contributed by atoms with Gasteiger partial charge in [-0.05, 0) is 29.8 Å². The Balaban J connectivity index is 1.94. The molecule has 0 amide bonds. The molecule has 0 aliphatic rings. The lowest BCUT2D eigenvalue weighted by Crippen LogP contribution is -2.34. The number of ketones is 1. The molecule has 0 aliphatic carbocycles. The van der Waals surface area contributed by atoms with Crippen molar-refractivity contribution in [2.75, 3.05) is 20.3 Å². The van der Waals surface area contributed by atoms with Gasteiger partial charge >= 0.3 is 12.1 Å². The summed E-state index contributed by atoms with van der Waals surface area (Å²) in [5.74, 6) is 4.28. The molecule has 0 radical (unpaired) electrons. The van der Waals surface area contributed by atoms with Gasteiger partial charge in [-0.3, -0.25) is 4.79 Å². The van der Waals surface area contributed by atoms with Gasteiger partial charge in [-0.1, -0.05) is 24.3 Å². The van der Waals surface area contributed by atoms with E-state index in [1.54, 1.807) is 24.3 Å². The van der Waals surface area contributed by atoms with E-state index in [0.29, 0.717) is 22.6 Å². The SMILES string of the molecule is COc1cccc(C(=O)COc2ccc(CC(OCC(F)(F)F)C(=O)ON)cc2)c1. The van der Waals surface area contributed by atoms with Crippen LogP contribution in [0, 0.1) is 0 Å². The van der Waals surface area contributed by atoms with Crippen LogP contribution in [0.4, 0.5) is 13.2 Å². The zero-order valence-electron chi connectivity index (χ0n) is 16.0. The molecule has 10 heteroatoms. The van der Waals surface area contributed by atoms with E-state index >= 15 is 0 Å². The van der Waals surface area contributed by atoms with Crippen molar-refractivity contribution >= 4 is 11.8 Å². The molecule has 1 atom stereocenters. The van der Waals surface area contributed by atoms with Crippen LogP contribution >= 0.6 is 0 Å². The highest BCUT2D eigenvalue weighted by Crippen LogP contribution is 2.19. The average molecular weight is 427 g/mol. The zero-order chi connectivity index (χ0) is 22.1. The third kappa shape index (κ3) is 7.37. The Morgan fingerprint density at radius 2 is 1.77 bits per heavy atom. The van der Waals surface area contributed by atoms with Gasteiger partial charge in [0.2, 0.25) is 0 Å². The van der Waals surface area contributed by atoms with E-state index < -0.39 is 24.9 Å². The second-order valence-corrected chi connectivity index (χ2v) is 6.14. The van der Waals surface area contributed by atoms with Crippen LogP contribution in [0.25, 0.3) is 0 Å². The zero-order valence-corrected chi connectivity index (χ0v) is 16.0. The number of hydrogen-bond donors (Lipinski definition) is 1. The smallest absolute Gasteiger partial charge is 0.411 e. The molecule has 0 fully saturated rings. The van der Waals surface area contributed by atoms with Gasteiger partial charge in [-0.25, -0.2) is 4.79 Å².